The van der Waals surface area contributed by atoms with Crippen molar-refractivity contribution in [1.29, 1.82) is 0 Å². The van der Waals surface area contributed by atoms with Gasteiger partial charge in [0.25, 0.3) is 0 Å². The predicted molar refractivity (Wildman–Crippen MR) is 148 cm³/mol. The van der Waals surface area contributed by atoms with Crippen LogP contribution in [0.4, 0.5) is 0 Å². The molecule has 0 aliphatic heterocycles. The second-order valence-corrected chi connectivity index (χ2v) is 9.18. The van der Waals surface area contributed by atoms with Gasteiger partial charge in [-0.1, -0.05) is 74.9 Å². The summed E-state index contributed by atoms with van der Waals surface area (Å²) in [4.78, 5) is 16.3. The molecule has 0 spiro atoms. The summed E-state index contributed by atoms with van der Waals surface area (Å²) in [7, 11) is 0. The molecule has 1 radical (unpaired) electrons. The van der Waals surface area contributed by atoms with Crippen LogP contribution in [-0.4, -0.2) is 15.9 Å². The average Bonchev–Trinajstić information content (AvgIpc) is 2.89. The van der Waals surface area contributed by atoms with E-state index in [1.165, 1.54) is 38.4 Å². The summed E-state index contributed by atoms with van der Waals surface area (Å²) >= 11 is 0. The molecule has 1 N–H and O–H groups in total. The smallest absolute Gasteiger partial charge is 0.162 e. The van der Waals surface area contributed by atoms with Crippen LogP contribution in [0.15, 0.2) is 72.6 Å². The van der Waals surface area contributed by atoms with E-state index >= 15 is 0 Å². The van der Waals surface area contributed by atoms with Gasteiger partial charge in [-0.05, 0) is 53.4 Å². The van der Waals surface area contributed by atoms with Gasteiger partial charge in [-0.15, -0.1) is 29.0 Å². The van der Waals surface area contributed by atoms with Crippen molar-refractivity contribution in [3.8, 4) is 0 Å². The number of rotatable bonds is 7. The third-order valence-electron chi connectivity index (χ3n) is 7.24. The Morgan fingerprint density at radius 2 is 1.44 bits per heavy atom. The molecule has 0 bridgehead atoms. The van der Waals surface area contributed by atoms with Crippen LogP contribution in [0.25, 0.3) is 43.2 Å². The summed E-state index contributed by atoms with van der Waals surface area (Å²) in [5, 5.41) is 18.5. The van der Waals surface area contributed by atoms with Crippen LogP contribution in [-0.2, 0) is 24.9 Å². The molecule has 36 heavy (non-hydrogen) atoms. The molecule has 3 nitrogen and oxygen atoms in total. The van der Waals surface area contributed by atoms with Gasteiger partial charge in [0.1, 0.15) is 0 Å². The van der Waals surface area contributed by atoms with Gasteiger partial charge >= 0.3 is 0 Å². The van der Waals surface area contributed by atoms with Crippen molar-refractivity contribution in [2.75, 3.05) is 0 Å². The third-order valence-corrected chi connectivity index (χ3v) is 7.24. The Bertz CT molecular complexity index is 1310. The van der Waals surface area contributed by atoms with Crippen LogP contribution in [0.3, 0.4) is 0 Å². The van der Waals surface area contributed by atoms with Crippen molar-refractivity contribution in [2.24, 2.45) is 11.8 Å². The number of carbonyl (C=O) groups is 1. The number of ketones is 1. The third kappa shape index (κ3) is 5.31. The van der Waals surface area contributed by atoms with Crippen molar-refractivity contribution in [1.82, 2.24) is 4.98 Å². The van der Waals surface area contributed by atoms with Crippen LogP contribution in [0.2, 0.25) is 0 Å². The van der Waals surface area contributed by atoms with E-state index in [1.54, 1.807) is 0 Å². The molecule has 0 amide bonds. The molecule has 0 aliphatic rings. The van der Waals surface area contributed by atoms with Crippen LogP contribution < -0.4 is 0 Å². The molecule has 4 aromatic carbocycles. The fourth-order valence-corrected chi connectivity index (χ4v) is 5.11. The van der Waals surface area contributed by atoms with E-state index < -0.39 is 0 Å². The van der Waals surface area contributed by atoms with E-state index in [9.17, 15) is 9.90 Å². The summed E-state index contributed by atoms with van der Waals surface area (Å²) in [5.74, 6) is 0.547. The van der Waals surface area contributed by atoms with Crippen molar-refractivity contribution >= 4 is 49.0 Å². The number of hydrogen-bond acceptors (Lipinski definition) is 3. The van der Waals surface area contributed by atoms with Gasteiger partial charge in [0.15, 0.2) is 5.78 Å². The number of allylic oxidation sites excluding steroid dienone is 2. The Balaban J connectivity index is 0.000000206. The number of pyridine rings is 1. The van der Waals surface area contributed by atoms with E-state index in [-0.39, 0.29) is 43.5 Å². The second kappa shape index (κ2) is 12.4. The van der Waals surface area contributed by atoms with E-state index in [1.807, 2.05) is 40.0 Å². The molecule has 0 saturated carbocycles. The minimum Gasteiger partial charge on any atom is -0.512 e. The first kappa shape index (κ1) is 27.8. The molecule has 0 saturated heterocycles. The Morgan fingerprint density at radius 3 is 2.06 bits per heavy atom. The number of carbonyl (C=O) groups excluding carboxylic acids is 1. The molecule has 5 aromatic rings. The summed E-state index contributed by atoms with van der Waals surface area (Å²) < 4.78 is 0. The number of nitrogens with zero attached hydrogens (tertiary/aromatic N) is 1. The van der Waals surface area contributed by atoms with Gasteiger partial charge < -0.3 is 10.1 Å². The van der Waals surface area contributed by atoms with Crippen molar-refractivity contribution in [2.45, 2.75) is 53.4 Å². The Morgan fingerprint density at radius 1 is 0.861 bits per heavy atom. The molecule has 4 heteroatoms. The van der Waals surface area contributed by atoms with E-state index in [0.717, 1.165) is 36.6 Å². The van der Waals surface area contributed by atoms with Gasteiger partial charge in [-0.2, -0.15) is 0 Å². The maximum atomic E-state index is 11.7. The zero-order chi connectivity index (χ0) is 24.9. The maximum absolute atomic E-state index is 11.7. The fourth-order valence-electron chi connectivity index (χ4n) is 5.11. The van der Waals surface area contributed by atoms with Crippen molar-refractivity contribution in [3.05, 3.63) is 78.7 Å². The predicted octanol–water partition coefficient (Wildman–Crippen LogP) is 8.80. The standard InChI is InChI=1S/C19H10N.C13H24O2.Ir/c1-4-12-5-3-9-16-17(12)14(7-1)15-8-2-6-13-10-11-20-19(16)18(13)15;1-5-10(6-2)12(14)9-13(15)11(7-3)8-4;/h1-8,10-11H;9-11,14H,5-8H2,1-4H3;/q-1;;/b;12-9-;. The fraction of sp³-hybridized carbons (Fsp3) is 0.312. The van der Waals surface area contributed by atoms with Gasteiger partial charge in [0.2, 0.25) is 0 Å². The minimum atomic E-state index is 0. The maximum Gasteiger partial charge on any atom is 0.162 e. The molecular formula is C32H34IrNO2-. The second-order valence-electron chi connectivity index (χ2n) is 9.18. The Labute approximate surface area is 227 Å². The summed E-state index contributed by atoms with van der Waals surface area (Å²) in [6.45, 7) is 8.07. The van der Waals surface area contributed by atoms with E-state index in [0.29, 0.717) is 0 Å². The zero-order valence-corrected chi connectivity index (χ0v) is 23.9. The Hall–Kier alpha value is -2.81. The monoisotopic (exact) mass is 657 g/mol. The first-order valence-electron chi connectivity index (χ1n) is 12.8. The van der Waals surface area contributed by atoms with Crippen LogP contribution in [0.1, 0.15) is 53.4 Å². The molecule has 5 rings (SSSR count). The van der Waals surface area contributed by atoms with Crippen LogP contribution in [0, 0.1) is 17.9 Å². The van der Waals surface area contributed by atoms with Crippen molar-refractivity contribution < 1.29 is 30.0 Å². The average molecular weight is 657 g/mol. The molecule has 0 fully saturated rings. The van der Waals surface area contributed by atoms with Gasteiger partial charge in [-0.25, -0.2) is 0 Å². The van der Waals surface area contributed by atoms with Crippen LogP contribution >= 0.6 is 0 Å². The number of aromatic nitrogens is 1. The molecule has 189 valence electrons. The van der Waals surface area contributed by atoms with E-state index in [4.69, 9.17) is 0 Å². The zero-order valence-electron chi connectivity index (χ0n) is 21.5. The summed E-state index contributed by atoms with van der Waals surface area (Å²) in [6.07, 6.45) is 6.80. The molecule has 0 atom stereocenters. The largest absolute Gasteiger partial charge is 0.512 e. The van der Waals surface area contributed by atoms with Crippen LogP contribution in [0.5, 0.6) is 0 Å². The van der Waals surface area contributed by atoms with Gasteiger partial charge in [0, 0.05) is 44.2 Å². The summed E-state index contributed by atoms with van der Waals surface area (Å²) in [5.41, 5.74) is 1.06. The number of aliphatic hydroxyl groups is 1. The topological polar surface area (TPSA) is 50.2 Å². The first-order chi connectivity index (χ1) is 17.0. The molecular weight excluding hydrogens is 623 g/mol. The number of hydrogen-bond donors (Lipinski definition) is 1. The van der Waals surface area contributed by atoms with Gasteiger partial charge in [0.05, 0.1) is 5.76 Å². The van der Waals surface area contributed by atoms with Crippen molar-refractivity contribution in [3.63, 3.8) is 0 Å². The minimum absolute atomic E-state index is 0. The summed E-state index contributed by atoms with van der Waals surface area (Å²) in [6, 6.07) is 22.5. The van der Waals surface area contributed by atoms with E-state index in [2.05, 4.69) is 59.6 Å². The van der Waals surface area contributed by atoms with Gasteiger partial charge in [-0.3, -0.25) is 4.79 Å². The molecule has 1 heterocycles. The molecule has 1 aromatic heterocycles. The quantitative estimate of drug-likeness (QED) is 0.0627. The number of benzene rings is 4. The SMILES string of the molecule is CCC(CC)C(=O)/C=C(\O)C(CC)CC.[Ir].[c-]1ccc2cccc3c4cccc5ccnc(c1c23)c54. The number of fused-ring (bicyclic) bond motifs is 2. The number of aliphatic hydroxyl groups excluding tert-OH is 1. The molecule has 0 aliphatic carbocycles. The molecule has 0 unspecified atom stereocenters. The normalized spacial score (nSPS) is 11.9. The first-order valence-corrected chi connectivity index (χ1v) is 12.8. The Kier molecular flexibility index (Phi) is 9.59.